The molecule has 0 unspecified atom stereocenters. The predicted octanol–water partition coefficient (Wildman–Crippen LogP) is 1.52. The number of aliphatic hydroxyl groups excluding tert-OH is 1. The van der Waals surface area contributed by atoms with Gasteiger partial charge in [-0.3, -0.25) is 10.1 Å². The summed E-state index contributed by atoms with van der Waals surface area (Å²) in [5.41, 5.74) is -0.520. The molecular weight excluding hydrogens is 303 g/mol. The van der Waals surface area contributed by atoms with Crippen LogP contribution in [0, 0.1) is 15.9 Å². The van der Waals surface area contributed by atoms with Gasteiger partial charge in [0.15, 0.2) is 0 Å². The van der Waals surface area contributed by atoms with E-state index in [0.717, 1.165) is 22.9 Å². The van der Waals surface area contributed by atoms with E-state index in [1.54, 1.807) is 0 Å². The summed E-state index contributed by atoms with van der Waals surface area (Å²) in [5, 5.41) is 19.5. The molecule has 1 rings (SSSR count). The zero-order chi connectivity index (χ0) is 16.0. The van der Waals surface area contributed by atoms with Crippen LogP contribution >= 0.6 is 0 Å². The van der Waals surface area contributed by atoms with Gasteiger partial charge in [0.2, 0.25) is 10.0 Å². The van der Waals surface area contributed by atoms with Gasteiger partial charge in [-0.15, -0.1) is 0 Å². The first-order valence-corrected chi connectivity index (χ1v) is 7.83. The molecule has 1 aromatic carbocycles. The molecule has 0 radical (unpaired) electrons. The second kappa shape index (κ2) is 7.43. The number of nitro groups is 1. The highest BCUT2D eigenvalue weighted by Gasteiger charge is 2.28. The minimum absolute atomic E-state index is 0.149. The minimum Gasteiger partial charge on any atom is -0.395 e. The van der Waals surface area contributed by atoms with Crippen molar-refractivity contribution in [2.75, 3.05) is 19.7 Å². The quantitative estimate of drug-likeness (QED) is 0.578. The minimum atomic E-state index is -4.13. The van der Waals surface area contributed by atoms with Gasteiger partial charge in [-0.2, -0.15) is 4.31 Å². The lowest BCUT2D eigenvalue weighted by Crippen LogP contribution is -2.35. The Morgan fingerprint density at radius 2 is 2.05 bits per heavy atom. The Kier molecular flexibility index (Phi) is 6.19. The SMILES string of the molecule is CCCCN(CCO)S(=O)(=O)c1ccc([N+](=O)[O-])cc1F. The number of nitrogens with zero attached hydrogens (tertiary/aromatic N) is 2. The molecule has 0 saturated heterocycles. The lowest BCUT2D eigenvalue weighted by Gasteiger charge is -2.21. The van der Waals surface area contributed by atoms with Gasteiger partial charge >= 0.3 is 0 Å². The number of hydrogen-bond donors (Lipinski definition) is 1. The third-order valence-corrected chi connectivity index (χ3v) is 4.79. The fraction of sp³-hybridized carbons (Fsp3) is 0.500. The van der Waals surface area contributed by atoms with Crippen LogP contribution in [0.4, 0.5) is 10.1 Å². The van der Waals surface area contributed by atoms with Gasteiger partial charge in [-0.1, -0.05) is 13.3 Å². The Labute approximate surface area is 122 Å². The molecular formula is C12H17FN2O5S. The summed E-state index contributed by atoms with van der Waals surface area (Å²) in [6, 6.07) is 2.38. The predicted molar refractivity (Wildman–Crippen MR) is 73.8 cm³/mol. The molecule has 0 aliphatic rings. The average molecular weight is 320 g/mol. The summed E-state index contributed by atoms with van der Waals surface area (Å²) in [7, 11) is -4.13. The molecule has 1 N–H and O–H groups in total. The van der Waals surface area contributed by atoms with E-state index in [1.165, 1.54) is 0 Å². The molecule has 1 aromatic rings. The third kappa shape index (κ3) is 4.19. The maximum atomic E-state index is 13.9. The highest BCUT2D eigenvalue weighted by atomic mass is 32.2. The van der Waals surface area contributed by atoms with Crippen LogP contribution in [0.5, 0.6) is 0 Å². The first-order chi connectivity index (χ1) is 9.84. The van der Waals surface area contributed by atoms with Crippen molar-refractivity contribution < 1.29 is 22.8 Å². The van der Waals surface area contributed by atoms with Gasteiger partial charge in [-0.05, 0) is 12.5 Å². The van der Waals surface area contributed by atoms with Crippen LogP contribution < -0.4 is 0 Å². The Bertz CT molecular complexity index is 606. The van der Waals surface area contributed by atoms with E-state index in [9.17, 15) is 22.9 Å². The summed E-state index contributed by atoms with van der Waals surface area (Å²) in [5.74, 6) is -1.18. The van der Waals surface area contributed by atoms with E-state index in [-0.39, 0.29) is 13.1 Å². The molecule has 0 amide bonds. The van der Waals surface area contributed by atoms with E-state index in [1.807, 2.05) is 6.92 Å². The zero-order valence-electron chi connectivity index (χ0n) is 11.5. The lowest BCUT2D eigenvalue weighted by molar-refractivity contribution is -0.385. The number of unbranched alkanes of at least 4 members (excludes halogenated alkanes) is 1. The average Bonchev–Trinajstić information content (AvgIpc) is 2.42. The highest BCUT2D eigenvalue weighted by molar-refractivity contribution is 7.89. The molecule has 0 bridgehead atoms. The summed E-state index contributed by atoms with van der Waals surface area (Å²) < 4.78 is 39.5. The monoisotopic (exact) mass is 320 g/mol. The van der Waals surface area contributed by atoms with Crippen LogP contribution in [0.1, 0.15) is 19.8 Å². The first-order valence-electron chi connectivity index (χ1n) is 6.39. The van der Waals surface area contributed by atoms with Gasteiger partial charge in [0.1, 0.15) is 10.7 Å². The van der Waals surface area contributed by atoms with Crippen LogP contribution in [0.3, 0.4) is 0 Å². The van der Waals surface area contributed by atoms with Crippen molar-refractivity contribution in [1.29, 1.82) is 0 Å². The molecule has 21 heavy (non-hydrogen) atoms. The number of nitro benzene ring substituents is 1. The molecule has 7 nitrogen and oxygen atoms in total. The van der Waals surface area contributed by atoms with Gasteiger partial charge in [-0.25, -0.2) is 12.8 Å². The van der Waals surface area contributed by atoms with Crippen molar-refractivity contribution >= 4 is 15.7 Å². The van der Waals surface area contributed by atoms with E-state index >= 15 is 0 Å². The van der Waals surface area contributed by atoms with E-state index in [0.29, 0.717) is 12.5 Å². The van der Waals surface area contributed by atoms with Crippen LogP contribution in [0.15, 0.2) is 23.1 Å². The largest absolute Gasteiger partial charge is 0.395 e. The Hall–Kier alpha value is -1.58. The van der Waals surface area contributed by atoms with Crippen molar-refractivity contribution in [3.63, 3.8) is 0 Å². The summed E-state index contributed by atoms with van der Waals surface area (Å²) >= 11 is 0. The summed E-state index contributed by atoms with van der Waals surface area (Å²) in [6.45, 7) is 1.47. The van der Waals surface area contributed by atoms with Crippen LogP contribution in [0.2, 0.25) is 0 Å². The molecule has 9 heteroatoms. The van der Waals surface area contributed by atoms with E-state index in [4.69, 9.17) is 5.11 Å². The fourth-order valence-electron chi connectivity index (χ4n) is 1.75. The van der Waals surface area contributed by atoms with E-state index < -0.39 is 38.0 Å². The van der Waals surface area contributed by atoms with Crippen LogP contribution in [0.25, 0.3) is 0 Å². The molecule has 0 saturated carbocycles. The lowest BCUT2D eigenvalue weighted by atomic mass is 10.3. The molecule has 118 valence electrons. The number of benzene rings is 1. The van der Waals surface area contributed by atoms with Crippen molar-refractivity contribution in [1.82, 2.24) is 4.31 Å². The van der Waals surface area contributed by atoms with Crippen LogP contribution in [-0.2, 0) is 10.0 Å². The smallest absolute Gasteiger partial charge is 0.272 e. The standard InChI is InChI=1S/C12H17FN2O5S/c1-2-3-6-14(7-8-16)21(19,20)12-5-4-10(15(17)18)9-11(12)13/h4-5,9,16H,2-3,6-8H2,1H3. The third-order valence-electron chi connectivity index (χ3n) is 2.85. The van der Waals surface area contributed by atoms with Crippen molar-refractivity contribution in [3.05, 3.63) is 34.1 Å². The molecule has 0 spiro atoms. The number of hydrogen-bond acceptors (Lipinski definition) is 5. The fourth-order valence-corrected chi connectivity index (χ4v) is 3.26. The van der Waals surface area contributed by atoms with E-state index in [2.05, 4.69) is 0 Å². The Balaban J connectivity index is 3.18. The van der Waals surface area contributed by atoms with Gasteiger partial charge in [0.05, 0.1) is 17.6 Å². The number of aliphatic hydroxyl groups is 1. The maximum Gasteiger partial charge on any atom is 0.272 e. The second-order valence-electron chi connectivity index (χ2n) is 4.35. The Morgan fingerprint density at radius 1 is 1.38 bits per heavy atom. The maximum absolute atomic E-state index is 13.9. The van der Waals surface area contributed by atoms with Crippen molar-refractivity contribution in [2.24, 2.45) is 0 Å². The molecule has 0 aromatic heterocycles. The summed E-state index contributed by atoms with van der Waals surface area (Å²) in [4.78, 5) is 9.11. The van der Waals surface area contributed by atoms with Crippen LogP contribution in [-0.4, -0.2) is 42.4 Å². The number of non-ortho nitro benzene ring substituents is 1. The summed E-state index contributed by atoms with van der Waals surface area (Å²) in [6.07, 6.45) is 1.30. The topological polar surface area (TPSA) is 101 Å². The second-order valence-corrected chi connectivity index (χ2v) is 6.26. The number of sulfonamides is 1. The van der Waals surface area contributed by atoms with Gasteiger partial charge < -0.3 is 5.11 Å². The molecule has 0 aliphatic carbocycles. The zero-order valence-corrected chi connectivity index (χ0v) is 12.3. The molecule has 0 fully saturated rings. The van der Waals surface area contributed by atoms with Gasteiger partial charge in [0.25, 0.3) is 5.69 Å². The first kappa shape index (κ1) is 17.5. The molecule has 0 heterocycles. The molecule has 0 atom stereocenters. The highest BCUT2D eigenvalue weighted by Crippen LogP contribution is 2.23. The number of halogens is 1. The molecule has 0 aliphatic heterocycles. The van der Waals surface area contributed by atoms with Crippen molar-refractivity contribution in [3.8, 4) is 0 Å². The van der Waals surface area contributed by atoms with Crippen molar-refractivity contribution in [2.45, 2.75) is 24.7 Å². The number of rotatable bonds is 8. The normalized spacial score (nSPS) is 11.8. The van der Waals surface area contributed by atoms with Gasteiger partial charge in [0, 0.05) is 19.2 Å². The Morgan fingerprint density at radius 3 is 2.52 bits per heavy atom.